The average Bonchev–Trinajstić information content (AvgIpc) is 3.44. The summed E-state index contributed by atoms with van der Waals surface area (Å²) in [6, 6.07) is 9.39. The fourth-order valence-corrected chi connectivity index (χ4v) is 6.45. The van der Waals surface area contributed by atoms with Crippen molar-refractivity contribution in [2.75, 3.05) is 32.7 Å². The van der Waals surface area contributed by atoms with Gasteiger partial charge in [0.1, 0.15) is 0 Å². The van der Waals surface area contributed by atoms with Crippen molar-refractivity contribution in [2.45, 2.75) is 43.5 Å². The third-order valence-electron chi connectivity index (χ3n) is 6.16. The van der Waals surface area contributed by atoms with Gasteiger partial charge in [-0.15, -0.1) is 11.3 Å². The molecule has 0 spiro atoms. The zero-order valence-corrected chi connectivity index (χ0v) is 19.0. The summed E-state index contributed by atoms with van der Waals surface area (Å²) in [6.45, 7) is 4.45. The number of thiophene rings is 1. The minimum atomic E-state index is -3.49. The van der Waals surface area contributed by atoms with Gasteiger partial charge in [0.2, 0.25) is 15.9 Å². The molecule has 162 valence electrons. The highest BCUT2D eigenvalue weighted by molar-refractivity contribution is 7.89. The second kappa shape index (κ2) is 9.18. The van der Waals surface area contributed by atoms with Crippen molar-refractivity contribution >= 4 is 27.3 Å². The smallest absolute Gasteiger partial charge is 0.243 e. The molecule has 6 nitrogen and oxygen atoms in total. The topological polar surface area (TPSA) is 69.7 Å². The van der Waals surface area contributed by atoms with E-state index in [1.165, 1.54) is 16.0 Å². The van der Waals surface area contributed by atoms with E-state index in [4.69, 9.17) is 0 Å². The van der Waals surface area contributed by atoms with Crippen molar-refractivity contribution in [3.63, 3.8) is 0 Å². The number of fused-ring (bicyclic) bond motifs is 1. The van der Waals surface area contributed by atoms with Gasteiger partial charge in [-0.1, -0.05) is 12.1 Å². The van der Waals surface area contributed by atoms with Crippen molar-refractivity contribution in [3.05, 3.63) is 51.7 Å². The molecule has 1 aromatic heterocycles. The van der Waals surface area contributed by atoms with Crippen LogP contribution in [0.5, 0.6) is 0 Å². The summed E-state index contributed by atoms with van der Waals surface area (Å²) in [5, 5.41) is 5.04. The van der Waals surface area contributed by atoms with Crippen molar-refractivity contribution in [1.29, 1.82) is 0 Å². The van der Waals surface area contributed by atoms with E-state index >= 15 is 0 Å². The summed E-state index contributed by atoms with van der Waals surface area (Å²) < 4.78 is 27.7. The minimum Gasteiger partial charge on any atom is -0.354 e. The zero-order valence-electron chi connectivity index (χ0n) is 17.3. The number of amides is 1. The van der Waals surface area contributed by atoms with Gasteiger partial charge in [-0.25, -0.2) is 8.42 Å². The maximum absolute atomic E-state index is 13.1. The number of hydrogen-bond acceptors (Lipinski definition) is 5. The van der Waals surface area contributed by atoms with Crippen LogP contribution < -0.4 is 5.32 Å². The van der Waals surface area contributed by atoms with Crippen LogP contribution in [0.3, 0.4) is 0 Å². The van der Waals surface area contributed by atoms with E-state index in [0.717, 1.165) is 25.7 Å². The molecule has 1 aliphatic heterocycles. The lowest BCUT2D eigenvalue weighted by atomic mass is 10.1. The van der Waals surface area contributed by atoms with Gasteiger partial charge in [0.15, 0.2) is 0 Å². The van der Waals surface area contributed by atoms with Gasteiger partial charge in [-0.05, 0) is 67.3 Å². The highest BCUT2D eigenvalue weighted by atomic mass is 32.2. The monoisotopic (exact) mass is 447 g/mol. The summed E-state index contributed by atoms with van der Waals surface area (Å²) in [4.78, 5) is 16.2. The second-order valence-electron chi connectivity index (χ2n) is 8.02. The number of hydrogen-bond donors (Lipinski definition) is 1. The van der Waals surface area contributed by atoms with Crippen molar-refractivity contribution in [3.8, 4) is 0 Å². The summed E-state index contributed by atoms with van der Waals surface area (Å²) >= 11 is 1.69. The number of benzene rings is 1. The van der Waals surface area contributed by atoms with Crippen LogP contribution in [-0.2, 0) is 34.1 Å². The zero-order chi connectivity index (χ0) is 21.1. The van der Waals surface area contributed by atoms with E-state index in [2.05, 4.69) is 16.3 Å². The number of carbonyl (C=O) groups is 1. The molecule has 0 saturated carbocycles. The first-order chi connectivity index (χ1) is 14.4. The predicted molar refractivity (Wildman–Crippen MR) is 119 cm³/mol. The molecule has 1 fully saturated rings. The first-order valence-electron chi connectivity index (χ1n) is 10.6. The summed E-state index contributed by atoms with van der Waals surface area (Å²) in [7, 11) is -3.49. The Bertz CT molecular complexity index is 981. The fraction of sp³-hybridized carbons (Fsp3) is 0.500. The van der Waals surface area contributed by atoms with Gasteiger partial charge in [-0.2, -0.15) is 4.31 Å². The maximum Gasteiger partial charge on any atom is 0.243 e. The Morgan fingerprint density at radius 3 is 2.63 bits per heavy atom. The molecule has 1 atom stereocenters. The third kappa shape index (κ3) is 4.61. The molecule has 4 rings (SSSR count). The Hall–Kier alpha value is -1.74. The highest BCUT2D eigenvalue weighted by Crippen LogP contribution is 2.27. The number of rotatable bonds is 7. The Kier molecular flexibility index (Phi) is 6.57. The fourth-order valence-electron chi connectivity index (χ4n) is 4.27. The van der Waals surface area contributed by atoms with E-state index in [9.17, 15) is 13.2 Å². The van der Waals surface area contributed by atoms with Gasteiger partial charge in [0.25, 0.3) is 0 Å². The lowest BCUT2D eigenvalue weighted by Gasteiger charge is -2.36. The molecule has 0 bridgehead atoms. The van der Waals surface area contributed by atoms with E-state index in [-0.39, 0.29) is 11.9 Å². The van der Waals surface area contributed by atoms with Crippen LogP contribution in [0.15, 0.2) is 40.6 Å². The molecule has 0 unspecified atom stereocenters. The van der Waals surface area contributed by atoms with Crippen LogP contribution in [0.2, 0.25) is 0 Å². The van der Waals surface area contributed by atoms with E-state index in [1.807, 2.05) is 30.5 Å². The Morgan fingerprint density at radius 2 is 1.90 bits per heavy atom. The van der Waals surface area contributed by atoms with Crippen LogP contribution in [0.1, 0.15) is 29.3 Å². The lowest BCUT2D eigenvalue weighted by Crippen LogP contribution is -2.55. The molecule has 8 heteroatoms. The first-order valence-corrected chi connectivity index (χ1v) is 12.9. The number of nitrogens with zero attached hydrogens (tertiary/aromatic N) is 2. The molecule has 0 radical (unpaired) electrons. The Morgan fingerprint density at radius 1 is 1.13 bits per heavy atom. The van der Waals surface area contributed by atoms with Crippen LogP contribution in [0, 0.1) is 0 Å². The minimum absolute atomic E-state index is 0.00138. The second-order valence-corrected chi connectivity index (χ2v) is 11.0. The van der Waals surface area contributed by atoms with Crippen LogP contribution in [-0.4, -0.2) is 62.3 Å². The lowest BCUT2D eigenvalue weighted by molar-refractivity contribution is -0.126. The first kappa shape index (κ1) is 21.5. The predicted octanol–water partition coefficient (Wildman–Crippen LogP) is 2.29. The molecular formula is C22H29N3O3S2. The molecule has 2 aliphatic rings. The Labute approximate surface area is 182 Å². The molecule has 1 aromatic carbocycles. The van der Waals surface area contributed by atoms with Crippen LogP contribution in [0.25, 0.3) is 0 Å². The van der Waals surface area contributed by atoms with Crippen LogP contribution in [0.4, 0.5) is 0 Å². The number of sulfonamides is 1. The number of aryl methyl sites for hydroxylation is 2. The molecule has 30 heavy (non-hydrogen) atoms. The summed E-state index contributed by atoms with van der Waals surface area (Å²) in [5.74, 6) is 0.00138. The van der Waals surface area contributed by atoms with Crippen molar-refractivity contribution in [1.82, 2.24) is 14.5 Å². The standard InChI is InChI=1S/C22H29N3O3S2/c1-17(22(26)23-10-9-20-6-3-15-29-20)24-11-13-25(14-12-24)30(27,28)21-8-7-18-4-2-5-19(18)16-21/h3,6-8,15-17H,2,4-5,9-14H2,1H3,(H,23,26)/t17-/m1/s1. The molecule has 2 heterocycles. The van der Waals surface area contributed by atoms with Gasteiger partial charge in [0.05, 0.1) is 10.9 Å². The van der Waals surface area contributed by atoms with Gasteiger partial charge in [0, 0.05) is 37.6 Å². The summed E-state index contributed by atoms with van der Waals surface area (Å²) in [5.41, 5.74) is 2.44. The van der Waals surface area contributed by atoms with Gasteiger partial charge < -0.3 is 5.32 Å². The van der Waals surface area contributed by atoms with Crippen LogP contribution >= 0.6 is 11.3 Å². The molecule has 2 aromatic rings. The number of carbonyl (C=O) groups excluding carboxylic acids is 1. The normalized spacial score (nSPS) is 18.8. The molecule has 1 N–H and O–H groups in total. The SMILES string of the molecule is C[C@H](C(=O)NCCc1cccs1)N1CCN(S(=O)(=O)c2ccc3c(c2)CCC3)CC1. The largest absolute Gasteiger partial charge is 0.354 e. The molecular weight excluding hydrogens is 418 g/mol. The van der Waals surface area contributed by atoms with Gasteiger partial charge >= 0.3 is 0 Å². The summed E-state index contributed by atoms with van der Waals surface area (Å²) in [6.07, 6.45) is 3.95. The van der Waals surface area contributed by atoms with E-state index in [1.54, 1.807) is 21.7 Å². The van der Waals surface area contributed by atoms with Crippen molar-refractivity contribution < 1.29 is 13.2 Å². The number of nitrogens with one attached hydrogen (secondary N) is 1. The quantitative estimate of drug-likeness (QED) is 0.707. The molecule has 1 saturated heterocycles. The average molecular weight is 448 g/mol. The van der Waals surface area contributed by atoms with E-state index < -0.39 is 10.0 Å². The van der Waals surface area contributed by atoms with E-state index in [0.29, 0.717) is 37.6 Å². The maximum atomic E-state index is 13.1. The highest BCUT2D eigenvalue weighted by Gasteiger charge is 2.32. The molecule has 1 aliphatic carbocycles. The number of piperazine rings is 1. The van der Waals surface area contributed by atoms with Crippen molar-refractivity contribution in [2.24, 2.45) is 0 Å². The Balaban J connectivity index is 1.30. The molecule has 1 amide bonds. The van der Waals surface area contributed by atoms with Gasteiger partial charge in [-0.3, -0.25) is 9.69 Å². The third-order valence-corrected chi connectivity index (χ3v) is 8.99.